The monoisotopic (exact) mass is 213 g/mol. The zero-order chi connectivity index (χ0) is 10.6. The van der Waals surface area contributed by atoms with E-state index in [2.05, 4.69) is 20.8 Å². The van der Waals surface area contributed by atoms with Gasteiger partial charge in [-0.3, -0.25) is 0 Å². The molecule has 14 heavy (non-hydrogen) atoms. The quantitative estimate of drug-likeness (QED) is 0.817. The fourth-order valence-corrected chi connectivity index (χ4v) is 2.36. The SMILES string of the molecule is CCC(N)C(C)SCc1occc1C. The van der Waals surface area contributed by atoms with Crippen LogP contribution in [0.3, 0.4) is 0 Å². The lowest BCUT2D eigenvalue weighted by molar-refractivity contribution is 0.527. The molecule has 0 aliphatic heterocycles. The molecule has 2 atom stereocenters. The Morgan fingerprint density at radius 1 is 1.57 bits per heavy atom. The molecule has 0 aromatic carbocycles. The molecule has 80 valence electrons. The third-order valence-electron chi connectivity index (χ3n) is 2.52. The van der Waals surface area contributed by atoms with Crippen LogP contribution < -0.4 is 5.73 Å². The van der Waals surface area contributed by atoms with Crippen LogP contribution in [0.2, 0.25) is 0 Å². The normalized spacial score (nSPS) is 15.4. The molecule has 0 saturated carbocycles. The van der Waals surface area contributed by atoms with E-state index in [0.29, 0.717) is 5.25 Å². The average Bonchev–Trinajstić information content (AvgIpc) is 2.59. The highest BCUT2D eigenvalue weighted by Crippen LogP contribution is 2.22. The molecule has 1 aromatic rings. The first-order chi connectivity index (χ1) is 6.65. The molecule has 2 unspecified atom stereocenters. The molecule has 1 aromatic heterocycles. The van der Waals surface area contributed by atoms with Crippen LogP contribution in [0.4, 0.5) is 0 Å². The number of rotatable bonds is 5. The van der Waals surface area contributed by atoms with Crippen molar-refractivity contribution in [3.63, 3.8) is 0 Å². The van der Waals surface area contributed by atoms with Gasteiger partial charge in [0.1, 0.15) is 5.76 Å². The molecule has 3 heteroatoms. The lowest BCUT2D eigenvalue weighted by Crippen LogP contribution is -2.29. The Bertz CT molecular complexity index is 272. The van der Waals surface area contributed by atoms with E-state index in [1.165, 1.54) is 5.56 Å². The minimum atomic E-state index is 0.287. The topological polar surface area (TPSA) is 39.2 Å². The molecule has 0 saturated heterocycles. The van der Waals surface area contributed by atoms with E-state index in [-0.39, 0.29) is 6.04 Å². The van der Waals surface area contributed by atoms with Gasteiger partial charge in [-0.05, 0) is 25.0 Å². The predicted octanol–water partition coefficient (Wildman–Crippen LogP) is 2.95. The molecule has 0 aliphatic rings. The zero-order valence-corrected chi connectivity index (χ0v) is 9.93. The van der Waals surface area contributed by atoms with Crippen LogP contribution in [0.1, 0.15) is 31.6 Å². The van der Waals surface area contributed by atoms with E-state index in [1.54, 1.807) is 6.26 Å². The number of thioether (sulfide) groups is 1. The first kappa shape index (κ1) is 11.7. The van der Waals surface area contributed by atoms with Gasteiger partial charge in [0.05, 0.1) is 12.0 Å². The summed E-state index contributed by atoms with van der Waals surface area (Å²) in [6, 6.07) is 2.29. The van der Waals surface area contributed by atoms with E-state index in [4.69, 9.17) is 10.2 Å². The Balaban J connectivity index is 2.37. The molecule has 1 heterocycles. The van der Waals surface area contributed by atoms with Gasteiger partial charge in [-0.15, -0.1) is 11.8 Å². The summed E-state index contributed by atoms with van der Waals surface area (Å²) in [6.07, 6.45) is 2.78. The summed E-state index contributed by atoms with van der Waals surface area (Å²) < 4.78 is 5.37. The van der Waals surface area contributed by atoms with Gasteiger partial charge in [0.25, 0.3) is 0 Å². The van der Waals surface area contributed by atoms with Crippen molar-refractivity contribution in [1.82, 2.24) is 0 Å². The van der Waals surface area contributed by atoms with Gasteiger partial charge in [0.2, 0.25) is 0 Å². The smallest absolute Gasteiger partial charge is 0.116 e. The average molecular weight is 213 g/mol. The summed E-state index contributed by atoms with van der Waals surface area (Å²) >= 11 is 1.86. The minimum absolute atomic E-state index is 0.287. The fourth-order valence-electron chi connectivity index (χ4n) is 1.21. The van der Waals surface area contributed by atoms with Crippen molar-refractivity contribution in [2.24, 2.45) is 5.73 Å². The number of aryl methyl sites for hydroxylation is 1. The highest BCUT2D eigenvalue weighted by Gasteiger charge is 2.12. The van der Waals surface area contributed by atoms with E-state index in [9.17, 15) is 0 Å². The lowest BCUT2D eigenvalue weighted by atomic mass is 10.2. The highest BCUT2D eigenvalue weighted by atomic mass is 32.2. The van der Waals surface area contributed by atoms with Crippen molar-refractivity contribution >= 4 is 11.8 Å². The third-order valence-corrected chi connectivity index (χ3v) is 3.82. The summed E-state index contributed by atoms with van der Waals surface area (Å²) in [5.41, 5.74) is 7.17. The van der Waals surface area contributed by atoms with Gasteiger partial charge in [0, 0.05) is 11.3 Å². The molecule has 0 radical (unpaired) electrons. The standard InChI is InChI=1S/C11H19NOS/c1-4-10(12)9(3)14-7-11-8(2)5-6-13-11/h5-6,9-10H,4,7,12H2,1-3H3. The zero-order valence-electron chi connectivity index (χ0n) is 9.12. The van der Waals surface area contributed by atoms with E-state index < -0.39 is 0 Å². The van der Waals surface area contributed by atoms with Crippen LogP contribution in [0.15, 0.2) is 16.7 Å². The Labute approximate surface area is 90.2 Å². The second-order valence-corrected chi connectivity index (χ2v) is 4.98. The Morgan fingerprint density at radius 3 is 2.79 bits per heavy atom. The number of hydrogen-bond acceptors (Lipinski definition) is 3. The predicted molar refractivity (Wildman–Crippen MR) is 62.5 cm³/mol. The second-order valence-electron chi connectivity index (χ2n) is 3.62. The highest BCUT2D eigenvalue weighted by molar-refractivity contribution is 7.99. The molecule has 0 spiro atoms. The summed E-state index contributed by atoms with van der Waals surface area (Å²) in [5, 5.41) is 0.490. The van der Waals surface area contributed by atoms with Crippen LogP contribution in [0.25, 0.3) is 0 Å². The molecule has 0 fully saturated rings. The summed E-state index contributed by atoms with van der Waals surface area (Å²) in [7, 11) is 0. The van der Waals surface area contributed by atoms with Crippen LogP contribution in [-0.4, -0.2) is 11.3 Å². The van der Waals surface area contributed by atoms with Crippen LogP contribution in [0.5, 0.6) is 0 Å². The van der Waals surface area contributed by atoms with Crippen molar-refractivity contribution in [2.45, 2.75) is 44.2 Å². The van der Waals surface area contributed by atoms with E-state index >= 15 is 0 Å². The molecule has 2 N–H and O–H groups in total. The van der Waals surface area contributed by atoms with Gasteiger partial charge in [0.15, 0.2) is 0 Å². The second kappa shape index (κ2) is 5.47. The Hall–Kier alpha value is -0.410. The first-order valence-electron chi connectivity index (χ1n) is 5.05. The summed E-state index contributed by atoms with van der Waals surface area (Å²) in [4.78, 5) is 0. The van der Waals surface area contributed by atoms with Crippen LogP contribution in [-0.2, 0) is 5.75 Å². The van der Waals surface area contributed by atoms with Crippen molar-refractivity contribution in [3.05, 3.63) is 23.7 Å². The lowest BCUT2D eigenvalue weighted by Gasteiger charge is -2.17. The summed E-state index contributed by atoms with van der Waals surface area (Å²) in [5.74, 6) is 2.00. The summed E-state index contributed by atoms with van der Waals surface area (Å²) in [6.45, 7) is 6.38. The van der Waals surface area contributed by atoms with Gasteiger partial charge in [-0.2, -0.15) is 0 Å². The maximum atomic E-state index is 5.94. The van der Waals surface area contributed by atoms with Gasteiger partial charge >= 0.3 is 0 Å². The van der Waals surface area contributed by atoms with Gasteiger partial charge < -0.3 is 10.2 Å². The fraction of sp³-hybridized carbons (Fsp3) is 0.636. The maximum Gasteiger partial charge on any atom is 0.116 e. The molecule has 0 amide bonds. The van der Waals surface area contributed by atoms with Crippen LogP contribution >= 0.6 is 11.8 Å². The molecular formula is C11H19NOS. The van der Waals surface area contributed by atoms with E-state index in [1.807, 2.05) is 17.8 Å². The number of hydrogen-bond donors (Lipinski definition) is 1. The van der Waals surface area contributed by atoms with Gasteiger partial charge in [-0.1, -0.05) is 13.8 Å². The maximum absolute atomic E-state index is 5.94. The number of furan rings is 1. The van der Waals surface area contributed by atoms with Crippen LogP contribution in [0, 0.1) is 6.92 Å². The van der Waals surface area contributed by atoms with Crippen molar-refractivity contribution in [3.8, 4) is 0 Å². The molecule has 1 rings (SSSR count). The Morgan fingerprint density at radius 2 is 2.29 bits per heavy atom. The first-order valence-corrected chi connectivity index (χ1v) is 6.10. The Kier molecular flexibility index (Phi) is 4.55. The van der Waals surface area contributed by atoms with Gasteiger partial charge in [-0.25, -0.2) is 0 Å². The van der Waals surface area contributed by atoms with Crippen molar-refractivity contribution < 1.29 is 4.42 Å². The largest absolute Gasteiger partial charge is 0.468 e. The molecule has 0 aliphatic carbocycles. The molecule has 0 bridgehead atoms. The molecule has 2 nitrogen and oxygen atoms in total. The third kappa shape index (κ3) is 3.07. The minimum Gasteiger partial charge on any atom is -0.468 e. The van der Waals surface area contributed by atoms with Crippen molar-refractivity contribution in [1.29, 1.82) is 0 Å². The van der Waals surface area contributed by atoms with Crippen molar-refractivity contribution in [2.75, 3.05) is 0 Å². The molecular weight excluding hydrogens is 194 g/mol. The van der Waals surface area contributed by atoms with E-state index in [0.717, 1.165) is 17.9 Å². The number of nitrogens with two attached hydrogens (primary N) is 1.